The third kappa shape index (κ3) is 9.17. The lowest BCUT2D eigenvalue weighted by molar-refractivity contribution is -0.0114. The Morgan fingerprint density at radius 1 is 1.19 bits per heavy atom. The lowest BCUT2D eigenvalue weighted by atomic mass is 9.92. The van der Waals surface area contributed by atoms with E-state index in [1.807, 2.05) is 0 Å². The number of rotatable bonds is 8. The van der Waals surface area contributed by atoms with Crippen molar-refractivity contribution in [3.8, 4) is 0 Å². The second kappa shape index (κ2) is 8.08. The van der Waals surface area contributed by atoms with Crippen LogP contribution in [0.3, 0.4) is 0 Å². The summed E-state index contributed by atoms with van der Waals surface area (Å²) in [5, 5.41) is 3.51. The lowest BCUT2D eigenvalue weighted by Crippen LogP contribution is -2.29. The maximum absolute atomic E-state index is 5.79. The first-order valence-electron chi connectivity index (χ1n) is 6.71. The number of ether oxygens (including phenoxy) is 1. The monoisotopic (exact) mass is 229 g/mol. The van der Waals surface area contributed by atoms with Crippen LogP contribution >= 0.6 is 0 Å². The summed E-state index contributed by atoms with van der Waals surface area (Å²) in [4.78, 5) is 0. The Labute approximate surface area is 102 Å². The molecule has 98 valence electrons. The summed E-state index contributed by atoms with van der Waals surface area (Å²) < 4.78 is 5.79. The van der Waals surface area contributed by atoms with Gasteiger partial charge < -0.3 is 10.1 Å². The standard InChI is InChI=1S/C14H31NO/c1-7-9-15-11-13(12(2)3)8-10-16-14(4,5)6/h12-13,15H,7-11H2,1-6H3. The third-order valence-electron chi connectivity index (χ3n) is 2.80. The molecule has 0 aromatic heterocycles. The normalized spacial score (nSPS) is 14.4. The van der Waals surface area contributed by atoms with Gasteiger partial charge in [0.1, 0.15) is 0 Å². The molecule has 0 aliphatic rings. The lowest BCUT2D eigenvalue weighted by Gasteiger charge is -2.25. The average Bonchev–Trinajstić information content (AvgIpc) is 2.13. The minimum Gasteiger partial charge on any atom is -0.376 e. The van der Waals surface area contributed by atoms with Crippen molar-refractivity contribution < 1.29 is 4.74 Å². The molecular weight excluding hydrogens is 198 g/mol. The van der Waals surface area contributed by atoms with E-state index in [1.54, 1.807) is 0 Å². The van der Waals surface area contributed by atoms with Crippen LogP contribution in [0, 0.1) is 11.8 Å². The van der Waals surface area contributed by atoms with Gasteiger partial charge >= 0.3 is 0 Å². The van der Waals surface area contributed by atoms with Crippen LogP contribution < -0.4 is 5.32 Å². The van der Waals surface area contributed by atoms with Crippen LogP contribution in [0.2, 0.25) is 0 Å². The van der Waals surface area contributed by atoms with Crippen LogP contribution in [0.15, 0.2) is 0 Å². The number of hydrogen-bond donors (Lipinski definition) is 1. The first-order chi connectivity index (χ1) is 7.37. The van der Waals surface area contributed by atoms with Crippen LogP contribution in [-0.4, -0.2) is 25.3 Å². The van der Waals surface area contributed by atoms with Gasteiger partial charge in [-0.3, -0.25) is 0 Å². The van der Waals surface area contributed by atoms with E-state index in [0.717, 1.165) is 38.0 Å². The summed E-state index contributed by atoms with van der Waals surface area (Å²) in [7, 11) is 0. The third-order valence-corrected chi connectivity index (χ3v) is 2.80. The summed E-state index contributed by atoms with van der Waals surface area (Å²) in [5.41, 5.74) is -0.00161. The van der Waals surface area contributed by atoms with Gasteiger partial charge in [-0.25, -0.2) is 0 Å². The highest BCUT2D eigenvalue weighted by atomic mass is 16.5. The Hall–Kier alpha value is -0.0800. The molecule has 0 amide bonds. The predicted molar refractivity (Wildman–Crippen MR) is 71.8 cm³/mol. The first kappa shape index (κ1) is 15.9. The fourth-order valence-electron chi connectivity index (χ4n) is 1.65. The Morgan fingerprint density at radius 3 is 2.25 bits per heavy atom. The van der Waals surface area contributed by atoms with E-state index in [2.05, 4.69) is 46.9 Å². The van der Waals surface area contributed by atoms with Crippen LogP contribution in [0.4, 0.5) is 0 Å². The largest absolute Gasteiger partial charge is 0.376 e. The summed E-state index contributed by atoms with van der Waals surface area (Å²) in [6, 6.07) is 0. The molecule has 0 aromatic carbocycles. The van der Waals surface area contributed by atoms with Crippen molar-refractivity contribution in [3.05, 3.63) is 0 Å². The molecule has 0 saturated heterocycles. The molecule has 0 spiro atoms. The average molecular weight is 229 g/mol. The smallest absolute Gasteiger partial charge is 0.0598 e. The molecule has 2 heteroatoms. The Bertz CT molecular complexity index is 161. The molecule has 0 fully saturated rings. The van der Waals surface area contributed by atoms with Gasteiger partial charge in [0.05, 0.1) is 5.60 Å². The fourth-order valence-corrected chi connectivity index (χ4v) is 1.65. The maximum atomic E-state index is 5.79. The van der Waals surface area contributed by atoms with Crippen LogP contribution in [0.5, 0.6) is 0 Å². The van der Waals surface area contributed by atoms with E-state index in [9.17, 15) is 0 Å². The predicted octanol–water partition coefficient (Wildman–Crippen LogP) is 3.46. The van der Waals surface area contributed by atoms with E-state index in [1.165, 1.54) is 6.42 Å². The molecule has 0 rings (SSSR count). The molecule has 0 aromatic rings. The second-order valence-electron chi connectivity index (χ2n) is 5.96. The zero-order valence-electron chi connectivity index (χ0n) is 12.1. The molecule has 0 aliphatic heterocycles. The molecule has 16 heavy (non-hydrogen) atoms. The molecule has 2 nitrogen and oxygen atoms in total. The van der Waals surface area contributed by atoms with Crippen LogP contribution in [-0.2, 0) is 4.74 Å². The molecule has 0 radical (unpaired) electrons. The van der Waals surface area contributed by atoms with Gasteiger partial charge in [0.2, 0.25) is 0 Å². The Kier molecular flexibility index (Phi) is 8.04. The van der Waals surface area contributed by atoms with Gasteiger partial charge in [-0.2, -0.15) is 0 Å². The minimum absolute atomic E-state index is 0.00161. The molecule has 1 unspecified atom stereocenters. The minimum atomic E-state index is -0.00161. The highest BCUT2D eigenvalue weighted by molar-refractivity contribution is 4.67. The highest BCUT2D eigenvalue weighted by Crippen LogP contribution is 2.16. The number of hydrogen-bond acceptors (Lipinski definition) is 2. The van der Waals surface area contributed by atoms with Gasteiger partial charge in [-0.05, 0) is 58.5 Å². The van der Waals surface area contributed by atoms with Crippen molar-refractivity contribution in [2.75, 3.05) is 19.7 Å². The zero-order chi connectivity index (χ0) is 12.6. The van der Waals surface area contributed by atoms with Crippen LogP contribution in [0.1, 0.15) is 54.4 Å². The van der Waals surface area contributed by atoms with Crippen LogP contribution in [0.25, 0.3) is 0 Å². The Morgan fingerprint density at radius 2 is 1.81 bits per heavy atom. The van der Waals surface area contributed by atoms with Gasteiger partial charge in [-0.15, -0.1) is 0 Å². The quantitative estimate of drug-likeness (QED) is 0.644. The van der Waals surface area contributed by atoms with E-state index in [4.69, 9.17) is 4.74 Å². The Balaban J connectivity index is 3.77. The van der Waals surface area contributed by atoms with E-state index < -0.39 is 0 Å². The molecule has 0 saturated carbocycles. The zero-order valence-corrected chi connectivity index (χ0v) is 12.1. The van der Waals surface area contributed by atoms with E-state index >= 15 is 0 Å². The van der Waals surface area contributed by atoms with E-state index in [0.29, 0.717) is 0 Å². The van der Waals surface area contributed by atoms with Crippen molar-refractivity contribution in [1.29, 1.82) is 0 Å². The van der Waals surface area contributed by atoms with E-state index in [-0.39, 0.29) is 5.60 Å². The summed E-state index contributed by atoms with van der Waals surface area (Å²) >= 11 is 0. The van der Waals surface area contributed by atoms with Crippen molar-refractivity contribution in [2.45, 2.75) is 60.0 Å². The first-order valence-corrected chi connectivity index (χ1v) is 6.71. The molecular formula is C14H31NO. The second-order valence-corrected chi connectivity index (χ2v) is 5.96. The molecule has 0 bridgehead atoms. The fraction of sp³-hybridized carbons (Fsp3) is 1.00. The van der Waals surface area contributed by atoms with Gasteiger partial charge in [0.15, 0.2) is 0 Å². The van der Waals surface area contributed by atoms with Crippen molar-refractivity contribution in [3.63, 3.8) is 0 Å². The summed E-state index contributed by atoms with van der Waals surface area (Å²) in [6.07, 6.45) is 2.37. The SMILES string of the molecule is CCCNCC(CCOC(C)(C)C)C(C)C. The molecule has 0 heterocycles. The van der Waals surface area contributed by atoms with Crippen molar-refractivity contribution in [1.82, 2.24) is 5.32 Å². The molecule has 0 aliphatic carbocycles. The molecule has 1 N–H and O–H groups in total. The summed E-state index contributed by atoms with van der Waals surface area (Å²) in [5.74, 6) is 1.46. The maximum Gasteiger partial charge on any atom is 0.0598 e. The molecule has 1 atom stereocenters. The van der Waals surface area contributed by atoms with Gasteiger partial charge in [0.25, 0.3) is 0 Å². The highest BCUT2D eigenvalue weighted by Gasteiger charge is 2.15. The number of nitrogens with one attached hydrogen (secondary N) is 1. The summed E-state index contributed by atoms with van der Waals surface area (Å²) in [6.45, 7) is 16.3. The van der Waals surface area contributed by atoms with Gasteiger partial charge in [0, 0.05) is 6.61 Å². The van der Waals surface area contributed by atoms with Gasteiger partial charge in [-0.1, -0.05) is 20.8 Å². The van der Waals surface area contributed by atoms with Crippen molar-refractivity contribution >= 4 is 0 Å². The van der Waals surface area contributed by atoms with Crippen molar-refractivity contribution in [2.24, 2.45) is 11.8 Å². The topological polar surface area (TPSA) is 21.3 Å².